The van der Waals surface area contributed by atoms with Gasteiger partial charge in [-0.1, -0.05) is 15.9 Å². The number of hydrogen-bond donors (Lipinski definition) is 1. The van der Waals surface area contributed by atoms with E-state index in [9.17, 15) is 13.6 Å². The highest BCUT2D eigenvalue weighted by Crippen LogP contribution is 2.65. The van der Waals surface area contributed by atoms with E-state index in [1.807, 2.05) is 0 Å². The minimum absolute atomic E-state index is 0.0493. The summed E-state index contributed by atoms with van der Waals surface area (Å²) in [5.41, 5.74) is 0.138. The van der Waals surface area contributed by atoms with Crippen molar-refractivity contribution in [3.63, 3.8) is 0 Å². The van der Waals surface area contributed by atoms with Crippen LogP contribution in [-0.2, 0) is 11.2 Å². The molecule has 0 radical (unpaired) electrons. The average molecular weight is 416 g/mol. The standard InChI is InChI=1S/C18H24BrF2N3O/c19-18-8-12-5-13(9-18)7-17(6-12,11-18)10-15(25)23-2-1-14-22-3-4-24(14)16(20)21/h3-4,12-13,16H,1-2,5-11H2,(H,23,25). The van der Waals surface area contributed by atoms with Crippen LogP contribution in [0.15, 0.2) is 12.4 Å². The van der Waals surface area contributed by atoms with Crippen molar-refractivity contribution in [3.05, 3.63) is 18.2 Å². The molecule has 2 unspecified atom stereocenters. The highest BCUT2D eigenvalue weighted by molar-refractivity contribution is 9.10. The first-order chi connectivity index (χ1) is 11.9. The molecule has 5 rings (SSSR count). The van der Waals surface area contributed by atoms with E-state index in [2.05, 4.69) is 26.2 Å². The number of nitrogens with one attached hydrogen (secondary N) is 1. The molecule has 4 aliphatic carbocycles. The summed E-state index contributed by atoms with van der Waals surface area (Å²) in [6.45, 7) is -2.24. The molecule has 4 fully saturated rings. The van der Waals surface area contributed by atoms with Gasteiger partial charge in [0, 0.05) is 36.1 Å². The quantitative estimate of drug-likeness (QED) is 0.711. The molecule has 1 N–H and O–H groups in total. The van der Waals surface area contributed by atoms with Gasteiger partial charge in [0.2, 0.25) is 5.91 Å². The SMILES string of the molecule is O=C(CC12CC3CC(CC(Br)(C3)C1)C2)NCCc1nccn1C(F)F. The first kappa shape index (κ1) is 17.4. The second-order valence-corrected chi connectivity index (χ2v) is 10.1. The van der Waals surface area contributed by atoms with Gasteiger partial charge in [-0.2, -0.15) is 8.78 Å². The maximum atomic E-state index is 12.8. The highest BCUT2D eigenvalue weighted by Gasteiger charge is 2.57. The Morgan fingerprint density at radius 3 is 2.72 bits per heavy atom. The Morgan fingerprint density at radius 1 is 1.36 bits per heavy atom. The largest absolute Gasteiger partial charge is 0.356 e. The van der Waals surface area contributed by atoms with Gasteiger partial charge in [-0.05, 0) is 55.8 Å². The number of aromatic nitrogens is 2. The van der Waals surface area contributed by atoms with E-state index in [1.54, 1.807) is 0 Å². The van der Waals surface area contributed by atoms with Crippen LogP contribution in [-0.4, -0.2) is 26.3 Å². The van der Waals surface area contributed by atoms with Crippen LogP contribution >= 0.6 is 15.9 Å². The molecule has 2 atom stereocenters. The number of amides is 1. The smallest absolute Gasteiger partial charge is 0.319 e. The highest BCUT2D eigenvalue weighted by atomic mass is 79.9. The van der Waals surface area contributed by atoms with E-state index in [-0.39, 0.29) is 15.6 Å². The van der Waals surface area contributed by atoms with E-state index in [0.29, 0.717) is 25.2 Å². The van der Waals surface area contributed by atoms with E-state index >= 15 is 0 Å². The number of nitrogens with zero attached hydrogens (tertiary/aromatic N) is 2. The van der Waals surface area contributed by atoms with Crippen LogP contribution in [0.25, 0.3) is 0 Å². The lowest BCUT2D eigenvalue weighted by Crippen LogP contribution is -2.54. The second-order valence-electron chi connectivity index (χ2n) is 8.42. The molecular formula is C18H24BrF2N3O. The predicted octanol–water partition coefficient (Wildman–Crippen LogP) is 4.06. The van der Waals surface area contributed by atoms with Gasteiger partial charge in [0.05, 0.1) is 0 Å². The minimum atomic E-state index is -2.59. The fourth-order valence-electron chi connectivity index (χ4n) is 5.97. The van der Waals surface area contributed by atoms with Crippen molar-refractivity contribution >= 4 is 21.8 Å². The molecule has 4 nitrogen and oxygen atoms in total. The molecule has 1 amide bonds. The Labute approximate surface area is 154 Å². The van der Waals surface area contributed by atoms with Crippen LogP contribution in [0.4, 0.5) is 8.78 Å². The number of carbonyl (C=O) groups is 1. The zero-order chi connectivity index (χ0) is 17.7. The Balaban J connectivity index is 1.31. The van der Waals surface area contributed by atoms with Gasteiger partial charge in [0.15, 0.2) is 0 Å². The molecule has 25 heavy (non-hydrogen) atoms. The third-order valence-electron chi connectivity index (χ3n) is 6.28. The van der Waals surface area contributed by atoms with Crippen molar-refractivity contribution in [1.82, 2.24) is 14.9 Å². The summed E-state index contributed by atoms with van der Waals surface area (Å²) in [7, 11) is 0. The van der Waals surface area contributed by atoms with Crippen molar-refractivity contribution in [1.29, 1.82) is 0 Å². The molecule has 7 heteroatoms. The lowest BCUT2D eigenvalue weighted by atomic mass is 9.48. The molecule has 138 valence electrons. The number of halogens is 3. The average Bonchev–Trinajstić information content (AvgIpc) is 2.92. The lowest BCUT2D eigenvalue weighted by molar-refractivity contribution is -0.128. The van der Waals surface area contributed by atoms with Gasteiger partial charge in [-0.15, -0.1) is 0 Å². The monoisotopic (exact) mass is 415 g/mol. The zero-order valence-corrected chi connectivity index (χ0v) is 15.8. The number of alkyl halides is 3. The van der Waals surface area contributed by atoms with Gasteiger partial charge in [0.1, 0.15) is 5.82 Å². The van der Waals surface area contributed by atoms with Gasteiger partial charge in [-0.3, -0.25) is 9.36 Å². The van der Waals surface area contributed by atoms with E-state index in [4.69, 9.17) is 0 Å². The third-order valence-corrected chi connectivity index (χ3v) is 7.20. The van der Waals surface area contributed by atoms with Crippen molar-refractivity contribution in [2.45, 2.75) is 62.2 Å². The Morgan fingerprint density at radius 2 is 2.08 bits per heavy atom. The predicted molar refractivity (Wildman–Crippen MR) is 93.6 cm³/mol. The molecule has 4 saturated carbocycles. The second kappa shape index (κ2) is 6.32. The molecule has 0 aliphatic heterocycles. The zero-order valence-electron chi connectivity index (χ0n) is 14.2. The molecule has 0 spiro atoms. The Kier molecular flexibility index (Phi) is 4.41. The van der Waals surface area contributed by atoms with Crippen LogP contribution in [0.1, 0.15) is 57.3 Å². The molecule has 1 aromatic heterocycles. The summed E-state index contributed by atoms with van der Waals surface area (Å²) in [5.74, 6) is 1.87. The van der Waals surface area contributed by atoms with Crippen LogP contribution in [0.2, 0.25) is 0 Å². The van der Waals surface area contributed by atoms with Crippen LogP contribution in [0, 0.1) is 17.3 Å². The van der Waals surface area contributed by atoms with E-state index < -0.39 is 6.55 Å². The fraction of sp³-hybridized carbons (Fsp3) is 0.778. The third kappa shape index (κ3) is 3.49. The van der Waals surface area contributed by atoms with E-state index in [1.165, 1.54) is 44.5 Å². The van der Waals surface area contributed by atoms with Crippen LogP contribution < -0.4 is 5.32 Å². The molecule has 0 aromatic carbocycles. The minimum Gasteiger partial charge on any atom is -0.356 e. The number of imidazole rings is 1. The van der Waals surface area contributed by atoms with Crippen molar-refractivity contribution < 1.29 is 13.6 Å². The molecule has 0 saturated heterocycles. The van der Waals surface area contributed by atoms with Gasteiger partial charge < -0.3 is 5.32 Å². The summed E-state index contributed by atoms with van der Waals surface area (Å²) < 4.78 is 26.7. The van der Waals surface area contributed by atoms with Gasteiger partial charge in [0.25, 0.3) is 0 Å². The fourth-order valence-corrected chi connectivity index (χ4v) is 7.49. The van der Waals surface area contributed by atoms with Gasteiger partial charge >= 0.3 is 6.55 Å². The molecule has 4 aliphatic rings. The topological polar surface area (TPSA) is 46.9 Å². The number of hydrogen-bond acceptors (Lipinski definition) is 2. The molecule has 4 bridgehead atoms. The summed E-state index contributed by atoms with van der Waals surface area (Å²) >= 11 is 3.97. The van der Waals surface area contributed by atoms with Crippen molar-refractivity contribution in [2.24, 2.45) is 17.3 Å². The van der Waals surface area contributed by atoms with Gasteiger partial charge in [-0.25, -0.2) is 4.98 Å². The van der Waals surface area contributed by atoms with Crippen molar-refractivity contribution in [2.75, 3.05) is 6.54 Å². The molecular weight excluding hydrogens is 392 g/mol. The number of rotatable bonds is 6. The summed E-state index contributed by atoms with van der Waals surface area (Å²) in [4.78, 5) is 16.4. The summed E-state index contributed by atoms with van der Waals surface area (Å²) in [5, 5.41) is 2.92. The maximum Gasteiger partial charge on any atom is 0.319 e. The normalized spacial score (nSPS) is 36.2. The van der Waals surface area contributed by atoms with Crippen LogP contribution in [0.5, 0.6) is 0 Å². The molecule has 1 heterocycles. The Hall–Kier alpha value is -0.980. The van der Waals surface area contributed by atoms with E-state index in [0.717, 1.165) is 22.8 Å². The molecule has 1 aromatic rings. The Bertz CT molecular complexity index is 649. The van der Waals surface area contributed by atoms with Crippen molar-refractivity contribution in [3.8, 4) is 0 Å². The summed E-state index contributed by atoms with van der Waals surface area (Å²) in [6.07, 6.45) is 10.8. The summed E-state index contributed by atoms with van der Waals surface area (Å²) in [6, 6.07) is 0. The number of carbonyl (C=O) groups excluding carboxylic acids is 1. The first-order valence-corrected chi connectivity index (χ1v) is 9.91. The van der Waals surface area contributed by atoms with Crippen LogP contribution in [0.3, 0.4) is 0 Å². The maximum absolute atomic E-state index is 12.8. The first-order valence-electron chi connectivity index (χ1n) is 9.12. The lowest BCUT2D eigenvalue weighted by Gasteiger charge is -2.60.